The van der Waals surface area contributed by atoms with Crippen LogP contribution in [0.15, 0.2) is 42.3 Å². The molecule has 0 saturated carbocycles. The van der Waals surface area contributed by atoms with Crippen LogP contribution in [0.4, 0.5) is 0 Å². The summed E-state index contributed by atoms with van der Waals surface area (Å²) in [5, 5.41) is 3.37. The molecule has 0 radical (unpaired) electrons. The summed E-state index contributed by atoms with van der Waals surface area (Å²) in [4.78, 5) is 2.17. The summed E-state index contributed by atoms with van der Waals surface area (Å²) in [6.45, 7) is 3.98. The first-order valence-corrected chi connectivity index (χ1v) is 7.09. The van der Waals surface area contributed by atoms with Gasteiger partial charge in [0, 0.05) is 5.56 Å². The Morgan fingerprint density at radius 3 is 2.29 bits per heavy atom. The maximum Gasteiger partial charge on any atom is 0.463 e. The van der Waals surface area contributed by atoms with E-state index in [2.05, 4.69) is 80.0 Å². The van der Waals surface area contributed by atoms with Gasteiger partial charge in [0.15, 0.2) is 5.75 Å². The van der Waals surface area contributed by atoms with Crippen LogP contribution in [0.25, 0.3) is 0 Å². The van der Waals surface area contributed by atoms with Crippen molar-refractivity contribution in [2.45, 2.75) is 5.75 Å². The lowest BCUT2D eigenvalue weighted by Gasteiger charge is -2.09. The van der Waals surface area contributed by atoms with Crippen LogP contribution >= 0.6 is 0 Å². The Morgan fingerprint density at radius 2 is 1.88 bits per heavy atom. The van der Waals surface area contributed by atoms with Crippen molar-refractivity contribution < 1.29 is 4.58 Å². The lowest BCUT2D eigenvalue weighted by molar-refractivity contribution is -0.466. The third-order valence-electron chi connectivity index (χ3n) is 2.37. The van der Waals surface area contributed by atoms with Crippen molar-refractivity contribution in [3.63, 3.8) is 0 Å². The molecular weight excluding hydrogens is 228 g/mol. The smallest absolute Gasteiger partial charge is 0.225 e. The molecule has 0 amide bonds. The fraction of sp³-hybridized carbons (Fsp3) is 0.357. The molecule has 0 aromatic heterocycles. The van der Waals surface area contributed by atoms with Gasteiger partial charge in [-0.2, -0.15) is 0 Å². The largest absolute Gasteiger partial charge is 0.463 e. The van der Waals surface area contributed by atoms with E-state index < -0.39 is 0 Å². The number of nitrogens with zero attached hydrogens (tertiary/aromatic N) is 2. The van der Waals surface area contributed by atoms with Gasteiger partial charge in [-0.1, -0.05) is 36.9 Å². The maximum atomic E-state index is 3.98. The molecule has 0 bridgehead atoms. The Balaban J connectivity index is 2.93. The molecule has 1 rings (SSSR count). The van der Waals surface area contributed by atoms with E-state index in [1.807, 2.05) is 0 Å². The quantitative estimate of drug-likeness (QED) is 0.345. The second kappa shape index (κ2) is 6.50. The van der Waals surface area contributed by atoms with Gasteiger partial charge in [0.25, 0.3) is 0 Å². The van der Waals surface area contributed by atoms with Crippen LogP contribution in [0.2, 0.25) is 0 Å². The highest BCUT2D eigenvalue weighted by atomic mass is 32.2. The van der Waals surface area contributed by atoms with Crippen molar-refractivity contribution in [3.05, 3.63) is 47.9 Å². The standard InChI is InChI=1S/C14H22N2S/c1-6-17(14(15(2)3)16(4)5)12-13-10-8-7-9-11-13/h6-11H,1,12H2,2-5H3/q+2. The molecule has 17 heavy (non-hydrogen) atoms. The fourth-order valence-corrected chi connectivity index (χ4v) is 3.71. The summed E-state index contributed by atoms with van der Waals surface area (Å²) < 4.78 is 2.17. The van der Waals surface area contributed by atoms with Crippen molar-refractivity contribution in [1.29, 1.82) is 0 Å². The highest BCUT2D eigenvalue weighted by Crippen LogP contribution is 2.12. The van der Waals surface area contributed by atoms with Gasteiger partial charge >= 0.3 is 5.17 Å². The number of rotatable bonds is 3. The molecule has 92 valence electrons. The molecule has 1 aromatic rings. The average Bonchev–Trinajstić information content (AvgIpc) is 2.28. The number of amidine groups is 1. The highest BCUT2D eigenvalue weighted by molar-refractivity contribution is 8.12. The van der Waals surface area contributed by atoms with Gasteiger partial charge in [0.05, 0.1) is 28.2 Å². The predicted molar refractivity (Wildman–Crippen MR) is 78.5 cm³/mol. The van der Waals surface area contributed by atoms with E-state index in [0.29, 0.717) is 0 Å². The van der Waals surface area contributed by atoms with Crippen LogP contribution in [-0.2, 0) is 16.6 Å². The molecule has 0 aliphatic rings. The first kappa shape index (κ1) is 13.8. The van der Waals surface area contributed by atoms with Crippen LogP contribution in [-0.4, -0.2) is 42.8 Å². The van der Waals surface area contributed by atoms with Crippen LogP contribution in [0, 0.1) is 0 Å². The van der Waals surface area contributed by atoms with E-state index in [1.165, 1.54) is 10.7 Å². The topological polar surface area (TPSA) is 6.25 Å². The van der Waals surface area contributed by atoms with Crippen molar-refractivity contribution in [1.82, 2.24) is 4.90 Å². The summed E-state index contributed by atoms with van der Waals surface area (Å²) in [6, 6.07) is 10.6. The second-order valence-electron chi connectivity index (χ2n) is 4.30. The monoisotopic (exact) mass is 250 g/mol. The van der Waals surface area contributed by atoms with E-state index in [-0.39, 0.29) is 10.9 Å². The van der Waals surface area contributed by atoms with E-state index in [4.69, 9.17) is 0 Å². The highest BCUT2D eigenvalue weighted by Gasteiger charge is 2.33. The number of hydrogen-bond acceptors (Lipinski definition) is 0. The molecule has 0 aliphatic heterocycles. The van der Waals surface area contributed by atoms with E-state index in [9.17, 15) is 0 Å². The van der Waals surface area contributed by atoms with E-state index >= 15 is 0 Å². The van der Waals surface area contributed by atoms with Gasteiger partial charge in [-0.05, 0) is 0 Å². The van der Waals surface area contributed by atoms with Crippen LogP contribution in [0.3, 0.4) is 0 Å². The fourth-order valence-electron chi connectivity index (χ4n) is 1.82. The van der Waals surface area contributed by atoms with Gasteiger partial charge in [0.2, 0.25) is 0 Å². The Kier molecular flexibility index (Phi) is 5.29. The molecule has 0 fully saturated rings. The Morgan fingerprint density at radius 1 is 1.29 bits per heavy atom. The van der Waals surface area contributed by atoms with E-state index in [0.717, 1.165) is 5.75 Å². The molecule has 2 nitrogen and oxygen atoms in total. The second-order valence-corrected chi connectivity index (χ2v) is 6.14. The van der Waals surface area contributed by atoms with E-state index in [1.54, 1.807) is 0 Å². The van der Waals surface area contributed by atoms with Crippen LogP contribution in [0.5, 0.6) is 0 Å². The molecule has 1 unspecified atom stereocenters. The SMILES string of the molecule is C=C[S+](Cc1ccccc1)C(N(C)C)=[N+](C)C. The van der Waals surface area contributed by atoms with Gasteiger partial charge in [0.1, 0.15) is 16.3 Å². The van der Waals surface area contributed by atoms with Crippen molar-refractivity contribution in [2.75, 3.05) is 28.2 Å². The third kappa shape index (κ3) is 3.93. The first-order chi connectivity index (χ1) is 8.06. The average molecular weight is 250 g/mol. The van der Waals surface area contributed by atoms with Gasteiger partial charge in [-0.3, -0.25) is 0 Å². The Hall–Kier alpha value is -1.22. The summed E-state index contributed by atoms with van der Waals surface area (Å²) in [5.74, 6) is 1.02. The third-order valence-corrected chi connectivity index (χ3v) is 4.61. The Bertz CT molecular complexity index is 392. The van der Waals surface area contributed by atoms with Crippen LogP contribution in [0.1, 0.15) is 5.56 Å². The van der Waals surface area contributed by atoms with Crippen molar-refractivity contribution >= 4 is 16.1 Å². The molecule has 3 heteroatoms. The van der Waals surface area contributed by atoms with Gasteiger partial charge in [-0.15, -0.1) is 0 Å². The van der Waals surface area contributed by atoms with Crippen molar-refractivity contribution in [3.8, 4) is 0 Å². The molecule has 1 aromatic carbocycles. The molecule has 0 aliphatic carbocycles. The number of benzene rings is 1. The molecule has 0 N–H and O–H groups in total. The van der Waals surface area contributed by atoms with Gasteiger partial charge in [-0.25, -0.2) is 9.48 Å². The maximum absolute atomic E-state index is 3.98. The number of hydrogen-bond donors (Lipinski definition) is 0. The molecule has 0 heterocycles. The zero-order chi connectivity index (χ0) is 12.8. The molecular formula is C14H22N2S+2. The minimum atomic E-state index is 0.0520. The van der Waals surface area contributed by atoms with Gasteiger partial charge < -0.3 is 0 Å². The van der Waals surface area contributed by atoms with Crippen LogP contribution < -0.4 is 0 Å². The predicted octanol–water partition coefficient (Wildman–Crippen LogP) is 2.14. The summed E-state index contributed by atoms with van der Waals surface area (Å²) in [6.07, 6.45) is 0. The lowest BCUT2D eigenvalue weighted by atomic mass is 10.2. The zero-order valence-corrected chi connectivity index (χ0v) is 12.0. The first-order valence-electron chi connectivity index (χ1n) is 5.64. The molecule has 1 atom stereocenters. The summed E-state index contributed by atoms with van der Waals surface area (Å²) >= 11 is 0. The van der Waals surface area contributed by atoms with Crippen molar-refractivity contribution in [2.24, 2.45) is 0 Å². The summed E-state index contributed by atoms with van der Waals surface area (Å²) in [7, 11) is 8.40. The summed E-state index contributed by atoms with van der Waals surface area (Å²) in [5.41, 5.74) is 1.36. The molecule has 0 saturated heterocycles. The minimum Gasteiger partial charge on any atom is -0.225 e. The normalized spacial score (nSPS) is 11.8. The Labute approximate surface area is 108 Å². The lowest BCUT2D eigenvalue weighted by Crippen LogP contribution is -2.36. The zero-order valence-electron chi connectivity index (χ0n) is 11.2. The minimum absolute atomic E-state index is 0.0520. The molecule has 0 spiro atoms.